The van der Waals surface area contributed by atoms with Crippen LogP contribution in [-0.4, -0.2) is 14.8 Å². The summed E-state index contributed by atoms with van der Waals surface area (Å²) >= 11 is 5.91. The van der Waals surface area contributed by atoms with Gasteiger partial charge in [-0.2, -0.15) is 11.1 Å². The van der Waals surface area contributed by atoms with Gasteiger partial charge < -0.3 is 4.98 Å². The number of hydrogen-bond donors (Lipinski definition) is 1. The van der Waals surface area contributed by atoms with E-state index in [4.69, 9.17) is 11.1 Å². The Balaban J connectivity index is 2.92. The van der Waals surface area contributed by atoms with Crippen molar-refractivity contribution in [2.45, 2.75) is 26.3 Å². The first-order valence-corrected chi connectivity index (χ1v) is 6.32. The van der Waals surface area contributed by atoms with Crippen LogP contribution in [0.4, 0.5) is 0 Å². The molecule has 0 aromatic carbocycles. The van der Waals surface area contributed by atoms with Gasteiger partial charge in [-0.15, -0.1) is 0 Å². The second-order valence-corrected chi connectivity index (χ2v) is 5.32. The summed E-state index contributed by atoms with van der Waals surface area (Å²) in [6.45, 7) is 5.29. The van der Waals surface area contributed by atoms with Gasteiger partial charge in [0.15, 0.2) is 0 Å². The van der Waals surface area contributed by atoms with E-state index in [9.17, 15) is 0 Å². The van der Waals surface area contributed by atoms with E-state index in [-0.39, 0.29) is 0 Å². The molecule has 1 unspecified atom stereocenters. The second kappa shape index (κ2) is 5.60. The van der Waals surface area contributed by atoms with Crippen molar-refractivity contribution < 1.29 is 0 Å². The summed E-state index contributed by atoms with van der Waals surface area (Å²) in [5.41, 5.74) is 0. The van der Waals surface area contributed by atoms with E-state index in [1.165, 1.54) is 12.5 Å². The molecule has 0 aliphatic carbocycles. The predicted octanol–water partition coefficient (Wildman–Crippen LogP) is 1.47. The second-order valence-electron chi connectivity index (χ2n) is 1.81. The zero-order valence-electron chi connectivity index (χ0n) is 5.58. The lowest BCUT2D eigenvalue weighted by Gasteiger charge is -2.03. The Morgan fingerprint density at radius 1 is 1.50 bits per heavy atom. The fourth-order valence-corrected chi connectivity index (χ4v) is 2.85. The maximum absolute atomic E-state index is 5.91. The lowest BCUT2D eigenvalue weighted by Crippen LogP contribution is -2.27. The van der Waals surface area contributed by atoms with Gasteiger partial charge in [0.2, 0.25) is 8.27 Å². The van der Waals surface area contributed by atoms with E-state index in [1.54, 1.807) is 0 Å². The summed E-state index contributed by atoms with van der Waals surface area (Å²) in [6.07, 6.45) is 1.22. The van der Waals surface area contributed by atoms with Crippen molar-refractivity contribution in [2.75, 3.05) is 6.54 Å². The first-order valence-electron chi connectivity index (χ1n) is 3.18. The van der Waals surface area contributed by atoms with Crippen LogP contribution < -0.4 is 4.98 Å². The summed E-state index contributed by atoms with van der Waals surface area (Å²) in [7, 11) is -0.980. The smallest absolute Gasteiger partial charge is 0.211 e. The standard InChI is InChI=1S/C5H14ClNSi/c1-3-5-8(6)7-4-2/h7-8H,3-5H2,1-2H3. The fraction of sp³-hybridized carbons (Fsp3) is 1.00. The third kappa shape index (κ3) is 4.62. The lowest BCUT2D eigenvalue weighted by atomic mass is 10.6. The normalized spacial score (nSPS) is 13.9. The highest BCUT2D eigenvalue weighted by molar-refractivity contribution is 7.05. The van der Waals surface area contributed by atoms with Gasteiger partial charge in [0.05, 0.1) is 0 Å². The van der Waals surface area contributed by atoms with Gasteiger partial charge >= 0.3 is 0 Å². The molecule has 0 aliphatic heterocycles. The van der Waals surface area contributed by atoms with E-state index in [0.717, 1.165) is 6.54 Å². The molecule has 0 fully saturated rings. The topological polar surface area (TPSA) is 12.0 Å². The Kier molecular flexibility index (Phi) is 5.93. The molecule has 0 aliphatic rings. The Bertz CT molecular complexity index is 45.7. The molecule has 0 aromatic rings. The van der Waals surface area contributed by atoms with Gasteiger partial charge in [-0.1, -0.05) is 20.3 Å². The molecule has 1 nitrogen and oxygen atoms in total. The average molecular weight is 152 g/mol. The Labute approximate surface area is 57.8 Å². The van der Waals surface area contributed by atoms with Crippen LogP contribution in [-0.2, 0) is 0 Å². The van der Waals surface area contributed by atoms with Crippen molar-refractivity contribution in [1.29, 1.82) is 0 Å². The van der Waals surface area contributed by atoms with Crippen LogP contribution in [0.3, 0.4) is 0 Å². The van der Waals surface area contributed by atoms with Crippen LogP contribution in [0.25, 0.3) is 0 Å². The monoisotopic (exact) mass is 151 g/mol. The fourth-order valence-electron chi connectivity index (χ4n) is 0.577. The van der Waals surface area contributed by atoms with Crippen LogP contribution in [0.15, 0.2) is 0 Å². The largest absolute Gasteiger partial charge is 0.328 e. The van der Waals surface area contributed by atoms with Crippen LogP contribution >= 0.6 is 11.1 Å². The minimum absolute atomic E-state index is 0.980. The van der Waals surface area contributed by atoms with E-state index < -0.39 is 8.27 Å². The quantitative estimate of drug-likeness (QED) is 0.474. The van der Waals surface area contributed by atoms with Crippen LogP contribution in [0.1, 0.15) is 20.3 Å². The molecule has 0 heterocycles. The van der Waals surface area contributed by atoms with Crippen LogP contribution in [0.5, 0.6) is 0 Å². The molecule has 0 bridgehead atoms. The van der Waals surface area contributed by atoms with Gasteiger partial charge in [-0.05, 0) is 12.6 Å². The zero-order chi connectivity index (χ0) is 6.41. The van der Waals surface area contributed by atoms with Crippen molar-refractivity contribution in [3.05, 3.63) is 0 Å². The van der Waals surface area contributed by atoms with Gasteiger partial charge in [-0.3, -0.25) is 0 Å². The maximum Gasteiger partial charge on any atom is 0.211 e. The maximum atomic E-state index is 5.91. The van der Waals surface area contributed by atoms with Crippen molar-refractivity contribution in [1.82, 2.24) is 4.98 Å². The van der Waals surface area contributed by atoms with Gasteiger partial charge in [-0.25, -0.2) is 0 Å². The zero-order valence-corrected chi connectivity index (χ0v) is 7.49. The highest BCUT2D eigenvalue weighted by Crippen LogP contribution is 1.96. The summed E-state index contributed by atoms with van der Waals surface area (Å²) in [5.74, 6) is 0. The molecule has 0 saturated heterocycles. The molecular formula is C5H14ClNSi. The SMILES string of the molecule is CCC[SiH](Cl)NCC. The molecular weight excluding hydrogens is 138 g/mol. The number of hydrogen-bond acceptors (Lipinski definition) is 1. The van der Waals surface area contributed by atoms with Gasteiger partial charge in [0.1, 0.15) is 0 Å². The molecule has 1 N–H and O–H groups in total. The number of nitrogens with one attached hydrogen (secondary N) is 1. The molecule has 0 aromatic heterocycles. The first kappa shape index (κ1) is 8.47. The Morgan fingerprint density at radius 2 is 2.12 bits per heavy atom. The van der Waals surface area contributed by atoms with Crippen molar-refractivity contribution in [2.24, 2.45) is 0 Å². The minimum atomic E-state index is -0.980. The first-order chi connectivity index (χ1) is 3.81. The van der Waals surface area contributed by atoms with Crippen molar-refractivity contribution >= 4 is 19.3 Å². The third-order valence-corrected chi connectivity index (χ3v) is 4.02. The molecule has 0 spiro atoms. The Morgan fingerprint density at radius 3 is 2.50 bits per heavy atom. The molecule has 0 radical (unpaired) electrons. The summed E-state index contributed by atoms with van der Waals surface area (Å²) in [5, 5.41) is 0. The average Bonchev–Trinajstić information content (AvgIpc) is 1.68. The minimum Gasteiger partial charge on any atom is -0.328 e. The summed E-state index contributed by atoms with van der Waals surface area (Å²) < 4.78 is 0. The molecule has 50 valence electrons. The third-order valence-electron chi connectivity index (χ3n) is 0.968. The summed E-state index contributed by atoms with van der Waals surface area (Å²) in [4.78, 5) is 3.25. The van der Waals surface area contributed by atoms with Gasteiger partial charge in [0, 0.05) is 0 Å². The van der Waals surface area contributed by atoms with E-state index in [2.05, 4.69) is 18.8 Å². The number of rotatable bonds is 4. The van der Waals surface area contributed by atoms with E-state index >= 15 is 0 Å². The molecule has 0 saturated carbocycles. The van der Waals surface area contributed by atoms with Crippen molar-refractivity contribution in [3.63, 3.8) is 0 Å². The number of halogens is 1. The van der Waals surface area contributed by atoms with Gasteiger partial charge in [0.25, 0.3) is 0 Å². The molecule has 0 rings (SSSR count). The molecule has 0 amide bonds. The molecule has 1 atom stereocenters. The lowest BCUT2D eigenvalue weighted by molar-refractivity contribution is 0.962. The van der Waals surface area contributed by atoms with E-state index in [0.29, 0.717) is 0 Å². The van der Waals surface area contributed by atoms with Crippen LogP contribution in [0, 0.1) is 0 Å². The van der Waals surface area contributed by atoms with E-state index in [1.807, 2.05) is 0 Å². The van der Waals surface area contributed by atoms with Crippen molar-refractivity contribution in [3.8, 4) is 0 Å². The Hall–Kier alpha value is 0.467. The molecule has 8 heavy (non-hydrogen) atoms. The molecule has 3 heteroatoms. The van der Waals surface area contributed by atoms with Crippen LogP contribution in [0.2, 0.25) is 6.04 Å². The predicted molar refractivity (Wildman–Crippen MR) is 41.8 cm³/mol. The highest BCUT2D eigenvalue weighted by Gasteiger charge is 2.00. The highest BCUT2D eigenvalue weighted by atomic mass is 35.6. The summed E-state index contributed by atoms with van der Waals surface area (Å²) in [6, 6.07) is 1.20.